The number of carboxylic acid groups (broad SMARTS) is 1. The Morgan fingerprint density at radius 1 is 1.11 bits per heavy atom. The molecule has 0 saturated heterocycles. The topological polar surface area (TPSA) is 104 Å². The molecule has 5 N–H and O–H groups in total. The van der Waals surface area contributed by atoms with Crippen molar-refractivity contribution >= 4 is 37.1 Å². The van der Waals surface area contributed by atoms with Crippen molar-refractivity contribution in [3.05, 3.63) is 0 Å². The Balaban J connectivity index is 0. The molecule has 1 amide bonds. The molecule has 0 aromatic heterocycles. The summed E-state index contributed by atoms with van der Waals surface area (Å²) in [6, 6.07) is -1.18. The van der Waals surface area contributed by atoms with Crippen LogP contribution in [0.15, 0.2) is 0 Å². The molecule has 0 bridgehead atoms. The summed E-state index contributed by atoms with van der Waals surface area (Å²) in [4.78, 5) is 21.4. The highest BCUT2D eigenvalue weighted by molar-refractivity contribution is 7.80. The largest absolute Gasteiger partial charge is 0.480 e. The minimum absolute atomic E-state index is 0.209. The molecular formula is C10H23N3O3S2. The van der Waals surface area contributed by atoms with Crippen molar-refractivity contribution < 1.29 is 14.7 Å². The van der Waals surface area contributed by atoms with Crippen molar-refractivity contribution in [3.8, 4) is 0 Å². The summed E-state index contributed by atoms with van der Waals surface area (Å²) in [5.74, 6) is -0.902. The highest BCUT2D eigenvalue weighted by Gasteiger charge is 2.15. The first kappa shape index (κ1) is 19.9. The van der Waals surface area contributed by atoms with E-state index in [4.69, 9.17) is 10.8 Å². The van der Waals surface area contributed by atoms with Crippen molar-refractivity contribution in [2.45, 2.75) is 25.9 Å². The molecule has 18 heavy (non-hydrogen) atoms. The van der Waals surface area contributed by atoms with Crippen LogP contribution in [0.4, 0.5) is 0 Å². The van der Waals surface area contributed by atoms with Gasteiger partial charge in [0.15, 0.2) is 0 Å². The summed E-state index contributed by atoms with van der Waals surface area (Å²) >= 11 is 7.86. The molecule has 2 atom stereocenters. The van der Waals surface area contributed by atoms with Crippen molar-refractivity contribution in [1.82, 2.24) is 10.6 Å². The van der Waals surface area contributed by atoms with E-state index in [-0.39, 0.29) is 5.75 Å². The van der Waals surface area contributed by atoms with Gasteiger partial charge in [0.1, 0.15) is 6.04 Å². The van der Waals surface area contributed by atoms with Gasteiger partial charge in [-0.3, -0.25) is 9.59 Å². The fraction of sp³-hybridized carbons (Fsp3) is 0.800. The van der Waals surface area contributed by atoms with Crippen LogP contribution in [0.5, 0.6) is 0 Å². The zero-order valence-electron chi connectivity index (χ0n) is 10.7. The van der Waals surface area contributed by atoms with Gasteiger partial charge < -0.3 is 21.5 Å². The number of carbonyl (C=O) groups excluding carboxylic acids is 1. The Hall–Kier alpha value is -0.440. The molecule has 0 aliphatic carbocycles. The molecular weight excluding hydrogens is 274 g/mol. The highest BCUT2D eigenvalue weighted by atomic mass is 32.1. The minimum atomic E-state index is -0.948. The van der Waals surface area contributed by atoms with E-state index >= 15 is 0 Å². The van der Waals surface area contributed by atoms with Gasteiger partial charge in [0.25, 0.3) is 0 Å². The first-order valence-corrected chi connectivity index (χ1v) is 7.00. The van der Waals surface area contributed by atoms with E-state index in [1.165, 1.54) is 0 Å². The quantitative estimate of drug-likeness (QED) is 0.251. The summed E-state index contributed by atoms with van der Waals surface area (Å²) in [6.07, 6.45) is 0. The van der Waals surface area contributed by atoms with Crippen molar-refractivity contribution in [2.24, 2.45) is 5.73 Å². The monoisotopic (exact) mass is 297 g/mol. The van der Waals surface area contributed by atoms with Crippen LogP contribution in [0.25, 0.3) is 0 Å². The third kappa shape index (κ3) is 9.58. The fourth-order valence-corrected chi connectivity index (χ4v) is 1.57. The van der Waals surface area contributed by atoms with Crippen LogP contribution >= 0.6 is 25.3 Å². The lowest BCUT2D eigenvalue weighted by Gasteiger charge is -2.15. The van der Waals surface area contributed by atoms with Crippen LogP contribution < -0.4 is 16.4 Å². The number of nitrogens with two attached hydrogens (primary N) is 1. The lowest BCUT2D eigenvalue weighted by atomic mass is 10.3. The number of hydrogen-bond donors (Lipinski definition) is 6. The number of nitrogens with one attached hydrogen (secondary N) is 2. The van der Waals surface area contributed by atoms with Gasteiger partial charge in [0.05, 0.1) is 6.04 Å². The van der Waals surface area contributed by atoms with Gasteiger partial charge in [-0.15, -0.1) is 0 Å². The molecule has 0 fully saturated rings. The van der Waals surface area contributed by atoms with Crippen molar-refractivity contribution in [1.29, 1.82) is 0 Å². The number of carbonyl (C=O) groups is 2. The second kappa shape index (κ2) is 13.0. The zero-order chi connectivity index (χ0) is 14.6. The Kier molecular flexibility index (Phi) is 14.4. The Morgan fingerprint density at radius 3 is 1.78 bits per heavy atom. The molecule has 0 radical (unpaired) electrons. The maximum Gasteiger partial charge on any atom is 0.321 e. The number of carboxylic acids is 1. The van der Waals surface area contributed by atoms with Gasteiger partial charge in [-0.2, -0.15) is 25.3 Å². The Labute approximate surface area is 119 Å². The van der Waals surface area contributed by atoms with Crippen LogP contribution in [0.1, 0.15) is 13.8 Å². The number of rotatable bonds is 9. The predicted octanol–water partition coefficient (Wildman–Crippen LogP) is -0.641. The summed E-state index contributed by atoms with van der Waals surface area (Å²) in [5.41, 5.74) is 5.09. The van der Waals surface area contributed by atoms with Crippen molar-refractivity contribution in [3.63, 3.8) is 0 Å². The molecule has 6 nitrogen and oxygen atoms in total. The summed E-state index contributed by atoms with van der Waals surface area (Å²) in [5, 5.41) is 14.3. The fourth-order valence-electron chi connectivity index (χ4n) is 0.978. The molecule has 0 spiro atoms. The lowest BCUT2D eigenvalue weighted by Crippen LogP contribution is -2.47. The van der Waals surface area contributed by atoms with Gasteiger partial charge in [-0.05, 0) is 0 Å². The number of primary amides is 1. The first-order valence-electron chi connectivity index (χ1n) is 5.73. The Morgan fingerprint density at radius 2 is 1.50 bits per heavy atom. The highest BCUT2D eigenvalue weighted by Crippen LogP contribution is 1.88. The van der Waals surface area contributed by atoms with Gasteiger partial charge >= 0.3 is 5.97 Å². The van der Waals surface area contributed by atoms with E-state index < -0.39 is 24.0 Å². The molecule has 1 unspecified atom stereocenters. The van der Waals surface area contributed by atoms with E-state index in [9.17, 15) is 9.59 Å². The second-order valence-electron chi connectivity index (χ2n) is 3.12. The zero-order valence-corrected chi connectivity index (χ0v) is 12.5. The molecule has 0 rings (SSSR count). The van der Waals surface area contributed by atoms with E-state index in [0.717, 1.165) is 0 Å². The predicted molar refractivity (Wildman–Crippen MR) is 79.5 cm³/mol. The van der Waals surface area contributed by atoms with Crippen LogP contribution in [0, 0.1) is 0 Å². The van der Waals surface area contributed by atoms with E-state index in [2.05, 4.69) is 35.9 Å². The minimum Gasteiger partial charge on any atom is -0.480 e. The van der Waals surface area contributed by atoms with Gasteiger partial charge in [-0.1, -0.05) is 13.8 Å². The van der Waals surface area contributed by atoms with Crippen molar-refractivity contribution in [2.75, 3.05) is 24.6 Å². The molecule has 0 aromatic carbocycles. The second-order valence-corrected chi connectivity index (χ2v) is 3.85. The molecule has 0 aliphatic heterocycles. The van der Waals surface area contributed by atoms with Crippen LogP contribution in [0.2, 0.25) is 0 Å². The summed E-state index contributed by atoms with van der Waals surface area (Å²) in [6.45, 7) is 4.85. The number of hydrogen-bond acceptors (Lipinski definition) is 6. The van der Waals surface area contributed by atoms with Gasteiger partial charge in [0.2, 0.25) is 5.91 Å². The Bertz CT molecular complexity index is 218. The standard InChI is InChI=1S/C8H17N3O3S2.C2H6/c9-7(12)5(3-15)10-1-2-11-6(4-16)8(13)14;1-2/h5-6,10-11,15-16H,1-4H2,(H2,9,12)(H,13,14);1-2H3/t5-,6?;/m0./s1. The molecule has 108 valence electrons. The summed E-state index contributed by atoms with van der Waals surface area (Å²) in [7, 11) is 0. The molecule has 0 saturated carbocycles. The lowest BCUT2D eigenvalue weighted by molar-refractivity contribution is -0.138. The van der Waals surface area contributed by atoms with E-state index in [1.54, 1.807) is 0 Å². The normalized spacial score (nSPS) is 13.1. The molecule has 0 heterocycles. The first-order chi connectivity index (χ1) is 8.52. The third-order valence-electron chi connectivity index (χ3n) is 1.91. The molecule has 0 aliphatic rings. The summed E-state index contributed by atoms with van der Waals surface area (Å²) < 4.78 is 0. The maximum absolute atomic E-state index is 10.8. The van der Waals surface area contributed by atoms with Crippen LogP contribution in [-0.4, -0.2) is 53.7 Å². The average Bonchev–Trinajstić information content (AvgIpc) is 2.35. The van der Waals surface area contributed by atoms with Crippen LogP contribution in [-0.2, 0) is 9.59 Å². The average molecular weight is 297 g/mol. The number of thiol groups is 2. The van der Waals surface area contributed by atoms with E-state index in [0.29, 0.717) is 18.8 Å². The van der Waals surface area contributed by atoms with E-state index in [1.807, 2.05) is 13.8 Å². The molecule has 0 aromatic rings. The molecule has 8 heteroatoms. The third-order valence-corrected chi connectivity index (χ3v) is 2.64. The number of amides is 1. The smallest absolute Gasteiger partial charge is 0.321 e. The van der Waals surface area contributed by atoms with Crippen LogP contribution in [0.3, 0.4) is 0 Å². The maximum atomic E-state index is 10.8. The van der Waals surface area contributed by atoms with Gasteiger partial charge in [-0.25, -0.2) is 0 Å². The SMILES string of the molecule is CC.NC(=O)[C@H](CS)NCCNC(CS)C(=O)O. The number of aliphatic carboxylic acids is 1. The van der Waals surface area contributed by atoms with Gasteiger partial charge in [0, 0.05) is 24.6 Å².